The molecule has 0 saturated carbocycles. The van der Waals surface area contributed by atoms with Crippen molar-refractivity contribution >= 4 is 28.6 Å². The third-order valence-electron chi connectivity index (χ3n) is 2.19. The van der Waals surface area contributed by atoms with Crippen molar-refractivity contribution in [3.8, 4) is 6.07 Å². The van der Waals surface area contributed by atoms with Crippen molar-refractivity contribution in [2.45, 2.75) is 6.54 Å². The van der Waals surface area contributed by atoms with Gasteiger partial charge >= 0.3 is 0 Å². The molecule has 0 bridgehead atoms. The first-order chi connectivity index (χ1) is 8.19. The minimum Gasteiger partial charge on any atom is -0.380 e. The van der Waals surface area contributed by atoms with Crippen molar-refractivity contribution < 1.29 is 4.39 Å². The van der Waals surface area contributed by atoms with E-state index >= 15 is 0 Å². The van der Waals surface area contributed by atoms with Crippen LogP contribution in [-0.2, 0) is 6.54 Å². The van der Waals surface area contributed by atoms with E-state index in [1.165, 1.54) is 23.5 Å². The van der Waals surface area contributed by atoms with E-state index in [1.54, 1.807) is 12.1 Å². The monoisotopic (exact) mass is 266 g/mol. The Labute approximate surface area is 107 Å². The zero-order chi connectivity index (χ0) is 12.3. The van der Waals surface area contributed by atoms with Crippen LogP contribution < -0.4 is 5.32 Å². The molecule has 0 unspecified atom stereocenters. The van der Waals surface area contributed by atoms with Crippen LogP contribution in [0.4, 0.5) is 10.1 Å². The maximum Gasteiger partial charge on any atom is 0.143 e. The summed E-state index contributed by atoms with van der Waals surface area (Å²) < 4.78 is 14.0. The predicted molar refractivity (Wildman–Crippen MR) is 67.8 cm³/mol. The number of nitrogens with zero attached hydrogens (tertiary/aromatic N) is 1. The van der Waals surface area contributed by atoms with Crippen LogP contribution in [-0.4, -0.2) is 0 Å². The van der Waals surface area contributed by atoms with Gasteiger partial charge < -0.3 is 5.32 Å². The second-order valence-electron chi connectivity index (χ2n) is 3.37. The molecule has 86 valence electrons. The molecule has 2 rings (SSSR count). The molecule has 1 aromatic heterocycles. The SMILES string of the molecule is N#Cc1ccc(NCc2ccc(Cl)s2)cc1F. The summed E-state index contributed by atoms with van der Waals surface area (Å²) in [6.07, 6.45) is 0. The molecule has 0 aliphatic heterocycles. The molecule has 0 aliphatic rings. The van der Waals surface area contributed by atoms with Gasteiger partial charge in [-0.15, -0.1) is 11.3 Å². The molecule has 0 spiro atoms. The summed E-state index contributed by atoms with van der Waals surface area (Å²) in [6.45, 7) is 0.586. The third kappa shape index (κ3) is 2.96. The van der Waals surface area contributed by atoms with Gasteiger partial charge in [-0.05, 0) is 30.3 Å². The van der Waals surface area contributed by atoms with Gasteiger partial charge in [-0.25, -0.2) is 4.39 Å². The van der Waals surface area contributed by atoms with Crippen molar-refractivity contribution in [3.63, 3.8) is 0 Å². The summed E-state index contributed by atoms with van der Waals surface area (Å²) >= 11 is 7.28. The molecule has 2 aromatic rings. The average molecular weight is 267 g/mol. The van der Waals surface area contributed by atoms with Crippen molar-refractivity contribution in [1.82, 2.24) is 0 Å². The first kappa shape index (κ1) is 11.9. The number of nitrogens with one attached hydrogen (secondary N) is 1. The standard InChI is InChI=1S/C12H8ClFN2S/c13-12-4-3-10(17-12)7-16-9-2-1-8(6-15)11(14)5-9/h1-5,16H,7H2. The molecule has 0 saturated heterocycles. The van der Waals surface area contributed by atoms with Crippen molar-refractivity contribution in [1.29, 1.82) is 5.26 Å². The Bertz CT molecular complexity index is 574. The minimum atomic E-state index is -0.512. The number of nitriles is 1. The van der Waals surface area contributed by atoms with Crippen LogP contribution in [0.15, 0.2) is 30.3 Å². The van der Waals surface area contributed by atoms with Gasteiger partial charge in [0.2, 0.25) is 0 Å². The summed E-state index contributed by atoms with van der Waals surface area (Å²) in [5.41, 5.74) is 0.695. The second kappa shape index (κ2) is 5.17. The Kier molecular flexibility index (Phi) is 3.62. The first-order valence-corrected chi connectivity index (χ1v) is 6.06. The second-order valence-corrected chi connectivity index (χ2v) is 5.17. The van der Waals surface area contributed by atoms with Crippen LogP contribution in [0.2, 0.25) is 4.34 Å². The highest BCUT2D eigenvalue weighted by atomic mass is 35.5. The lowest BCUT2D eigenvalue weighted by atomic mass is 10.2. The Balaban J connectivity index is 2.05. The van der Waals surface area contributed by atoms with E-state index in [-0.39, 0.29) is 5.56 Å². The van der Waals surface area contributed by atoms with Gasteiger partial charge in [0, 0.05) is 17.1 Å². The summed E-state index contributed by atoms with van der Waals surface area (Å²) in [6, 6.07) is 9.97. The summed E-state index contributed by atoms with van der Waals surface area (Å²) in [5, 5.41) is 11.7. The quantitative estimate of drug-likeness (QED) is 0.911. The van der Waals surface area contributed by atoms with E-state index in [0.717, 1.165) is 9.21 Å². The first-order valence-electron chi connectivity index (χ1n) is 4.87. The molecule has 0 atom stereocenters. The largest absolute Gasteiger partial charge is 0.380 e. The molecule has 0 aliphatic carbocycles. The third-order valence-corrected chi connectivity index (χ3v) is 3.42. The molecule has 17 heavy (non-hydrogen) atoms. The highest BCUT2D eigenvalue weighted by molar-refractivity contribution is 7.16. The Morgan fingerprint density at radius 1 is 1.35 bits per heavy atom. The minimum absolute atomic E-state index is 0.0507. The fraction of sp³-hybridized carbons (Fsp3) is 0.0833. The molecule has 2 nitrogen and oxygen atoms in total. The molecule has 1 aromatic carbocycles. The normalized spacial score (nSPS) is 9.94. The molecular weight excluding hydrogens is 259 g/mol. The summed E-state index contributed by atoms with van der Waals surface area (Å²) in [4.78, 5) is 1.07. The molecular formula is C12H8ClFN2S. The molecule has 5 heteroatoms. The summed E-state index contributed by atoms with van der Waals surface area (Å²) in [7, 11) is 0. The molecule has 1 heterocycles. The Hall–Kier alpha value is -1.57. The van der Waals surface area contributed by atoms with Crippen LogP contribution in [0.5, 0.6) is 0 Å². The lowest BCUT2D eigenvalue weighted by Gasteiger charge is -2.05. The number of rotatable bonds is 3. The fourth-order valence-electron chi connectivity index (χ4n) is 1.35. The zero-order valence-corrected chi connectivity index (χ0v) is 10.3. The van der Waals surface area contributed by atoms with Gasteiger partial charge in [0.05, 0.1) is 9.90 Å². The van der Waals surface area contributed by atoms with Gasteiger partial charge in [0.1, 0.15) is 11.9 Å². The van der Waals surface area contributed by atoms with Gasteiger partial charge in [-0.2, -0.15) is 5.26 Å². The van der Waals surface area contributed by atoms with Crippen LogP contribution >= 0.6 is 22.9 Å². The van der Waals surface area contributed by atoms with E-state index in [2.05, 4.69) is 5.32 Å². The predicted octanol–water partition coefficient (Wildman–Crippen LogP) is 4.02. The van der Waals surface area contributed by atoms with E-state index in [0.29, 0.717) is 12.2 Å². The van der Waals surface area contributed by atoms with E-state index in [9.17, 15) is 4.39 Å². The van der Waals surface area contributed by atoms with Gasteiger partial charge in [-0.1, -0.05) is 11.6 Å². The van der Waals surface area contributed by atoms with Crippen LogP contribution in [0.1, 0.15) is 10.4 Å². The molecule has 0 fully saturated rings. The van der Waals surface area contributed by atoms with Crippen LogP contribution in [0.3, 0.4) is 0 Å². The number of benzene rings is 1. The van der Waals surface area contributed by atoms with Gasteiger partial charge in [0.15, 0.2) is 0 Å². The number of hydrogen-bond acceptors (Lipinski definition) is 3. The smallest absolute Gasteiger partial charge is 0.143 e. The highest BCUT2D eigenvalue weighted by Gasteiger charge is 2.03. The topological polar surface area (TPSA) is 35.8 Å². The van der Waals surface area contributed by atoms with Crippen molar-refractivity contribution in [2.24, 2.45) is 0 Å². The number of halogens is 2. The molecule has 0 radical (unpaired) electrons. The maximum absolute atomic E-state index is 13.3. The van der Waals surface area contributed by atoms with E-state index < -0.39 is 5.82 Å². The van der Waals surface area contributed by atoms with Crippen LogP contribution in [0.25, 0.3) is 0 Å². The number of thiophene rings is 1. The zero-order valence-electron chi connectivity index (χ0n) is 8.71. The van der Waals surface area contributed by atoms with Gasteiger partial charge in [0.25, 0.3) is 0 Å². The Morgan fingerprint density at radius 3 is 2.76 bits per heavy atom. The van der Waals surface area contributed by atoms with Crippen molar-refractivity contribution in [2.75, 3.05) is 5.32 Å². The number of anilines is 1. The Morgan fingerprint density at radius 2 is 2.18 bits per heavy atom. The number of hydrogen-bond donors (Lipinski definition) is 1. The lowest BCUT2D eigenvalue weighted by Crippen LogP contribution is -1.98. The van der Waals surface area contributed by atoms with E-state index in [4.69, 9.17) is 16.9 Å². The highest BCUT2D eigenvalue weighted by Crippen LogP contribution is 2.22. The summed E-state index contributed by atoms with van der Waals surface area (Å²) in [5.74, 6) is -0.512. The fourth-order valence-corrected chi connectivity index (χ4v) is 2.38. The van der Waals surface area contributed by atoms with E-state index in [1.807, 2.05) is 12.1 Å². The van der Waals surface area contributed by atoms with Crippen LogP contribution in [0, 0.1) is 17.1 Å². The average Bonchev–Trinajstić information content (AvgIpc) is 2.73. The molecule has 0 amide bonds. The van der Waals surface area contributed by atoms with Crippen molar-refractivity contribution in [3.05, 3.63) is 50.9 Å². The van der Waals surface area contributed by atoms with Gasteiger partial charge in [-0.3, -0.25) is 0 Å². The molecule has 1 N–H and O–H groups in total. The maximum atomic E-state index is 13.3. The lowest BCUT2D eigenvalue weighted by molar-refractivity contribution is 0.624.